The minimum atomic E-state index is -0.144. The van der Waals surface area contributed by atoms with Crippen LogP contribution in [0.3, 0.4) is 0 Å². The van der Waals surface area contributed by atoms with E-state index in [0.717, 1.165) is 16.6 Å². The van der Waals surface area contributed by atoms with Gasteiger partial charge in [-0.15, -0.1) is 0 Å². The van der Waals surface area contributed by atoms with E-state index in [4.69, 9.17) is 0 Å². The second kappa shape index (κ2) is 7.04. The van der Waals surface area contributed by atoms with Gasteiger partial charge in [-0.05, 0) is 30.9 Å². The van der Waals surface area contributed by atoms with Gasteiger partial charge in [0.2, 0.25) is 0 Å². The first-order valence-electron chi connectivity index (χ1n) is 5.75. The Bertz CT molecular complexity index is 425. The van der Waals surface area contributed by atoms with Crippen molar-refractivity contribution in [3.63, 3.8) is 0 Å². The summed E-state index contributed by atoms with van der Waals surface area (Å²) in [7, 11) is 1.78. The third kappa shape index (κ3) is 3.65. The summed E-state index contributed by atoms with van der Waals surface area (Å²) < 4.78 is 0.787. The Morgan fingerprint density at radius 3 is 2.78 bits per heavy atom. The first kappa shape index (κ1) is 15.4. The fraction of sp³-hybridized carbons (Fsp3) is 0.462. The number of nitrogens with zero attached hydrogens (tertiary/aromatic N) is 1. The van der Waals surface area contributed by atoms with Crippen molar-refractivity contribution in [3.8, 4) is 5.75 Å². The van der Waals surface area contributed by atoms with Gasteiger partial charge in [-0.2, -0.15) is 11.8 Å². The Labute approximate surface area is 121 Å². The summed E-state index contributed by atoms with van der Waals surface area (Å²) in [6, 6.07) is 5.08. The summed E-state index contributed by atoms with van der Waals surface area (Å²) in [5.74, 6) is 0.775. The number of phenolic OH excluding ortho intramolecular Hbond substituents is 1. The minimum Gasteiger partial charge on any atom is -0.507 e. The standard InChI is InChI=1S/C13H18BrNO2S/c1-4-10(8-18-3)15(2)13(17)11-7-9(14)5-6-12(11)16/h5-7,10,16H,4,8H2,1-3H3. The van der Waals surface area contributed by atoms with E-state index in [1.165, 1.54) is 6.07 Å². The summed E-state index contributed by atoms with van der Waals surface area (Å²) in [6.45, 7) is 2.06. The molecule has 1 rings (SSSR count). The van der Waals surface area contributed by atoms with E-state index in [0.29, 0.717) is 5.56 Å². The molecule has 0 bridgehead atoms. The van der Waals surface area contributed by atoms with Gasteiger partial charge in [0.25, 0.3) is 5.91 Å². The van der Waals surface area contributed by atoms with E-state index in [1.807, 2.05) is 6.26 Å². The number of rotatable bonds is 5. The SMILES string of the molecule is CCC(CSC)N(C)C(=O)c1cc(Br)ccc1O. The molecule has 1 aromatic rings. The van der Waals surface area contributed by atoms with Gasteiger partial charge in [-0.3, -0.25) is 4.79 Å². The molecule has 1 unspecified atom stereocenters. The summed E-state index contributed by atoms with van der Waals surface area (Å²) in [5, 5.41) is 9.77. The summed E-state index contributed by atoms with van der Waals surface area (Å²) in [6.07, 6.45) is 2.93. The van der Waals surface area contributed by atoms with Crippen molar-refractivity contribution in [2.75, 3.05) is 19.1 Å². The molecule has 1 N–H and O–H groups in total. The molecule has 1 aromatic carbocycles. The zero-order valence-corrected chi connectivity index (χ0v) is 13.2. The van der Waals surface area contributed by atoms with Crippen molar-refractivity contribution in [1.82, 2.24) is 4.90 Å². The first-order chi connectivity index (χ1) is 8.51. The van der Waals surface area contributed by atoms with Gasteiger partial charge < -0.3 is 10.0 Å². The molecule has 0 aliphatic heterocycles. The third-order valence-corrected chi connectivity index (χ3v) is 4.10. The molecule has 0 aliphatic carbocycles. The minimum absolute atomic E-state index is 0.0223. The van der Waals surface area contributed by atoms with E-state index in [9.17, 15) is 9.90 Å². The monoisotopic (exact) mass is 331 g/mol. The average Bonchev–Trinajstić information content (AvgIpc) is 2.37. The van der Waals surface area contributed by atoms with Crippen LogP contribution in [0.2, 0.25) is 0 Å². The Morgan fingerprint density at radius 1 is 1.56 bits per heavy atom. The maximum atomic E-state index is 12.3. The molecule has 0 heterocycles. The number of carbonyl (C=O) groups is 1. The van der Waals surface area contributed by atoms with E-state index in [2.05, 4.69) is 22.9 Å². The van der Waals surface area contributed by atoms with E-state index < -0.39 is 0 Å². The molecule has 1 atom stereocenters. The molecular formula is C13H18BrNO2S. The number of carbonyl (C=O) groups excluding carboxylic acids is 1. The fourth-order valence-corrected chi connectivity index (χ4v) is 2.94. The Hall–Kier alpha value is -0.680. The van der Waals surface area contributed by atoms with Crippen LogP contribution in [0.4, 0.5) is 0 Å². The number of hydrogen-bond acceptors (Lipinski definition) is 3. The number of halogens is 1. The molecule has 0 aliphatic rings. The predicted molar refractivity (Wildman–Crippen MR) is 80.4 cm³/mol. The maximum absolute atomic E-state index is 12.3. The van der Waals surface area contributed by atoms with Crippen molar-refractivity contribution in [2.24, 2.45) is 0 Å². The Kier molecular flexibility index (Phi) is 6.02. The van der Waals surface area contributed by atoms with Crippen LogP contribution < -0.4 is 0 Å². The topological polar surface area (TPSA) is 40.5 Å². The highest BCUT2D eigenvalue weighted by Crippen LogP contribution is 2.24. The van der Waals surface area contributed by atoms with Gasteiger partial charge in [0.1, 0.15) is 5.75 Å². The highest BCUT2D eigenvalue weighted by Gasteiger charge is 2.21. The van der Waals surface area contributed by atoms with Crippen LogP contribution in [-0.4, -0.2) is 41.0 Å². The van der Waals surface area contributed by atoms with Gasteiger partial charge in [-0.25, -0.2) is 0 Å². The van der Waals surface area contributed by atoms with E-state index in [1.54, 1.807) is 35.8 Å². The second-order valence-electron chi connectivity index (χ2n) is 4.09. The molecule has 0 aromatic heterocycles. The average molecular weight is 332 g/mol. The lowest BCUT2D eigenvalue weighted by Crippen LogP contribution is -2.38. The van der Waals surface area contributed by atoms with Crippen molar-refractivity contribution < 1.29 is 9.90 Å². The van der Waals surface area contributed by atoms with Crippen molar-refractivity contribution >= 4 is 33.6 Å². The normalized spacial score (nSPS) is 12.2. The van der Waals surface area contributed by atoms with Crippen LogP contribution in [0.25, 0.3) is 0 Å². The lowest BCUT2D eigenvalue weighted by atomic mass is 10.1. The Balaban J connectivity index is 2.95. The van der Waals surface area contributed by atoms with Crippen molar-refractivity contribution in [1.29, 1.82) is 0 Å². The number of phenols is 1. The number of aromatic hydroxyl groups is 1. The lowest BCUT2D eigenvalue weighted by Gasteiger charge is -2.27. The quantitative estimate of drug-likeness (QED) is 0.899. The molecular weight excluding hydrogens is 314 g/mol. The lowest BCUT2D eigenvalue weighted by molar-refractivity contribution is 0.0740. The van der Waals surface area contributed by atoms with E-state index >= 15 is 0 Å². The maximum Gasteiger partial charge on any atom is 0.257 e. The molecule has 18 heavy (non-hydrogen) atoms. The number of thioether (sulfide) groups is 1. The first-order valence-corrected chi connectivity index (χ1v) is 7.94. The van der Waals surface area contributed by atoms with Gasteiger partial charge >= 0.3 is 0 Å². The number of benzene rings is 1. The molecule has 5 heteroatoms. The van der Waals surface area contributed by atoms with Crippen LogP contribution >= 0.6 is 27.7 Å². The van der Waals surface area contributed by atoms with Crippen molar-refractivity contribution in [2.45, 2.75) is 19.4 Å². The number of hydrogen-bond donors (Lipinski definition) is 1. The van der Waals surface area contributed by atoms with Crippen molar-refractivity contribution in [3.05, 3.63) is 28.2 Å². The largest absolute Gasteiger partial charge is 0.507 e. The summed E-state index contributed by atoms with van der Waals surface area (Å²) >= 11 is 5.03. The predicted octanol–water partition coefficient (Wildman–Crippen LogP) is 3.37. The molecule has 0 spiro atoms. The molecule has 100 valence electrons. The summed E-state index contributed by atoms with van der Waals surface area (Å²) in [4.78, 5) is 14.0. The van der Waals surface area contributed by atoms with Crippen LogP contribution in [0, 0.1) is 0 Å². The molecule has 0 saturated heterocycles. The van der Waals surface area contributed by atoms with Crippen LogP contribution in [0.1, 0.15) is 23.7 Å². The Morgan fingerprint density at radius 2 is 2.22 bits per heavy atom. The molecule has 0 saturated carbocycles. The van der Waals surface area contributed by atoms with Crippen LogP contribution in [0.15, 0.2) is 22.7 Å². The third-order valence-electron chi connectivity index (χ3n) is 2.89. The molecule has 0 fully saturated rings. The van der Waals surface area contributed by atoms with Crippen LogP contribution in [0.5, 0.6) is 5.75 Å². The molecule has 0 radical (unpaired) electrons. The zero-order chi connectivity index (χ0) is 13.7. The van der Waals surface area contributed by atoms with Gasteiger partial charge in [0, 0.05) is 23.3 Å². The fourth-order valence-electron chi connectivity index (χ4n) is 1.73. The highest BCUT2D eigenvalue weighted by molar-refractivity contribution is 9.10. The number of amides is 1. The molecule has 1 amide bonds. The van der Waals surface area contributed by atoms with Gasteiger partial charge in [0.05, 0.1) is 5.56 Å². The van der Waals surface area contributed by atoms with Gasteiger partial charge in [-0.1, -0.05) is 22.9 Å². The molecule has 3 nitrogen and oxygen atoms in total. The second-order valence-corrected chi connectivity index (χ2v) is 5.92. The van der Waals surface area contributed by atoms with E-state index in [-0.39, 0.29) is 17.7 Å². The smallest absolute Gasteiger partial charge is 0.257 e. The van der Waals surface area contributed by atoms with Gasteiger partial charge in [0.15, 0.2) is 0 Å². The zero-order valence-electron chi connectivity index (χ0n) is 10.8. The van der Waals surface area contributed by atoms with Crippen LogP contribution in [-0.2, 0) is 0 Å². The highest BCUT2D eigenvalue weighted by atomic mass is 79.9. The summed E-state index contributed by atoms with van der Waals surface area (Å²) in [5.41, 5.74) is 0.339.